The van der Waals surface area contributed by atoms with Crippen molar-refractivity contribution >= 4 is 21.5 Å². The van der Waals surface area contributed by atoms with Gasteiger partial charge >= 0.3 is 21.3 Å². The van der Waals surface area contributed by atoms with Gasteiger partial charge in [-0.1, -0.05) is 0 Å². The van der Waals surface area contributed by atoms with E-state index in [4.69, 9.17) is 30.0 Å². The number of nitrogens with two attached hydrogens (primary N) is 1. The Morgan fingerprint density at radius 2 is 1.92 bits per heavy atom. The SMILES string of the molecule is Nc1ccn([C@@H]2O[C@H](COP(=O)(O)O)C(OP(=O)(O)O)C2O)c(=O)n1. The first-order valence-electron chi connectivity index (χ1n) is 6.49. The second-order valence-corrected chi connectivity index (χ2v) is 7.38. The van der Waals surface area contributed by atoms with Gasteiger partial charge in [-0.2, -0.15) is 4.98 Å². The number of phosphoric acid groups is 2. The fourth-order valence-electron chi connectivity index (χ4n) is 2.16. The molecule has 16 heteroatoms. The Morgan fingerprint density at radius 1 is 1.28 bits per heavy atom. The summed E-state index contributed by atoms with van der Waals surface area (Å²) >= 11 is 0. The highest BCUT2D eigenvalue weighted by atomic mass is 31.2. The van der Waals surface area contributed by atoms with Crippen molar-refractivity contribution in [3.05, 3.63) is 22.7 Å². The Balaban J connectivity index is 2.30. The number of aliphatic hydroxyl groups is 1. The summed E-state index contributed by atoms with van der Waals surface area (Å²) in [7, 11) is -10.0. The number of aromatic nitrogens is 2. The molecule has 0 spiro atoms. The predicted molar refractivity (Wildman–Crippen MR) is 77.7 cm³/mol. The molecule has 1 aromatic rings. The molecule has 0 bridgehead atoms. The predicted octanol–water partition coefficient (Wildman–Crippen LogP) is -2.33. The van der Waals surface area contributed by atoms with Crippen LogP contribution in [-0.4, -0.2) is 59.2 Å². The van der Waals surface area contributed by atoms with E-state index in [-0.39, 0.29) is 5.82 Å². The van der Waals surface area contributed by atoms with Gasteiger partial charge in [-0.05, 0) is 6.07 Å². The molecule has 1 aliphatic rings. The van der Waals surface area contributed by atoms with E-state index in [0.717, 1.165) is 10.8 Å². The van der Waals surface area contributed by atoms with Gasteiger partial charge in [0.15, 0.2) is 6.23 Å². The number of hydrogen-bond donors (Lipinski definition) is 6. The van der Waals surface area contributed by atoms with Crippen LogP contribution in [0.15, 0.2) is 17.1 Å². The third-order valence-electron chi connectivity index (χ3n) is 3.10. The smallest absolute Gasteiger partial charge is 0.386 e. The number of nitrogens with zero attached hydrogens (tertiary/aromatic N) is 2. The van der Waals surface area contributed by atoms with Crippen molar-refractivity contribution in [1.82, 2.24) is 9.55 Å². The molecule has 1 aliphatic heterocycles. The van der Waals surface area contributed by atoms with Crippen molar-refractivity contribution in [2.45, 2.75) is 24.5 Å². The first-order valence-corrected chi connectivity index (χ1v) is 9.56. The van der Waals surface area contributed by atoms with Gasteiger partial charge in [-0.3, -0.25) is 13.6 Å². The summed E-state index contributed by atoms with van der Waals surface area (Å²) in [5.41, 5.74) is 4.40. The quantitative estimate of drug-likeness (QED) is 0.274. The standard InChI is InChI=1S/C9H15N3O11P2/c10-5-1-2-12(9(14)11-5)8-6(13)7(23-25(18,19)20)4(22-8)3-21-24(15,16)17/h1-2,4,6-8,13H,3H2,(H2,10,11,14)(H2,15,16,17)(H2,18,19,20)/t4-,6?,7?,8-/m1/s1. The molecule has 25 heavy (non-hydrogen) atoms. The van der Waals surface area contributed by atoms with E-state index in [0.29, 0.717) is 0 Å². The summed E-state index contributed by atoms with van der Waals surface area (Å²) in [5, 5.41) is 10.2. The maximum Gasteiger partial charge on any atom is 0.470 e. The van der Waals surface area contributed by atoms with Crippen LogP contribution in [0, 0.1) is 0 Å². The average Bonchev–Trinajstić information content (AvgIpc) is 2.72. The summed E-state index contributed by atoms with van der Waals surface area (Å²) < 4.78 is 36.5. The lowest BCUT2D eigenvalue weighted by atomic mass is 10.1. The zero-order chi connectivity index (χ0) is 19.0. The number of anilines is 1. The maximum absolute atomic E-state index is 11.8. The summed E-state index contributed by atoms with van der Waals surface area (Å²) in [6.45, 7) is -0.875. The number of ether oxygens (including phenoxy) is 1. The lowest BCUT2D eigenvalue weighted by Gasteiger charge is -2.20. The molecule has 2 unspecified atom stereocenters. The fraction of sp³-hybridized carbons (Fsp3) is 0.556. The molecule has 2 heterocycles. The molecule has 14 nitrogen and oxygen atoms in total. The van der Waals surface area contributed by atoms with Gasteiger partial charge in [-0.15, -0.1) is 0 Å². The molecule has 1 aromatic heterocycles. The Bertz CT molecular complexity index is 772. The monoisotopic (exact) mass is 403 g/mol. The lowest BCUT2D eigenvalue weighted by Crippen LogP contribution is -2.37. The van der Waals surface area contributed by atoms with Crippen molar-refractivity contribution < 1.29 is 47.6 Å². The van der Waals surface area contributed by atoms with Crippen LogP contribution in [0.3, 0.4) is 0 Å². The summed E-state index contributed by atoms with van der Waals surface area (Å²) in [6.07, 6.45) is -5.45. The van der Waals surface area contributed by atoms with Gasteiger partial charge in [0.1, 0.15) is 24.1 Å². The Kier molecular flexibility index (Phi) is 5.81. The van der Waals surface area contributed by atoms with E-state index in [1.54, 1.807) is 0 Å². The first-order chi connectivity index (χ1) is 11.4. The van der Waals surface area contributed by atoms with Crippen LogP contribution in [0.4, 0.5) is 5.82 Å². The molecule has 7 N–H and O–H groups in total. The summed E-state index contributed by atoms with van der Waals surface area (Å²) in [4.78, 5) is 50.5. The highest BCUT2D eigenvalue weighted by Gasteiger charge is 2.49. The molecule has 0 amide bonds. The zero-order valence-corrected chi connectivity index (χ0v) is 14.0. The largest absolute Gasteiger partial charge is 0.470 e. The van der Waals surface area contributed by atoms with Crippen molar-refractivity contribution in [1.29, 1.82) is 0 Å². The van der Waals surface area contributed by atoms with E-state index in [1.165, 1.54) is 6.07 Å². The van der Waals surface area contributed by atoms with Crippen LogP contribution in [-0.2, 0) is 22.9 Å². The van der Waals surface area contributed by atoms with Crippen LogP contribution < -0.4 is 11.4 Å². The minimum atomic E-state index is -5.10. The van der Waals surface area contributed by atoms with Crippen LogP contribution in [0.2, 0.25) is 0 Å². The molecule has 1 saturated heterocycles. The van der Waals surface area contributed by atoms with Gasteiger partial charge in [0, 0.05) is 6.20 Å². The molecule has 0 aromatic carbocycles. The zero-order valence-electron chi connectivity index (χ0n) is 12.2. The van der Waals surface area contributed by atoms with E-state index >= 15 is 0 Å². The number of nitrogen functional groups attached to an aromatic ring is 1. The van der Waals surface area contributed by atoms with E-state index in [2.05, 4.69) is 14.0 Å². The molecule has 1 fully saturated rings. The molecule has 142 valence electrons. The molecule has 0 saturated carbocycles. The topological polar surface area (TPSA) is 224 Å². The maximum atomic E-state index is 11.8. The number of aliphatic hydroxyl groups excluding tert-OH is 1. The van der Waals surface area contributed by atoms with Crippen LogP contribution in [0.25, 0.3) is 0 Å². The minimum Gasteiger partial charge on any atom is -0.386 e. The van der Waals surface area contributed by atoms with E-state index in [1.807, 2.05) is 0 Å². The second-order valence-electron chi connectivity index (χ2n) is 4.94. The fourth-order valence-corrected chi connectivity index (χ4v) is 3.08. The Labute approximate surface area is 139 Å². The summed E-state index contributed by atoms with van der Waals surface area (Å²) in [5.74, 6) is -0.113. The summed E-state index contributed by atoms with van der Waals surface area (Å²) in [6, 6.07) is 1.20. The van der Waals surface area contributed by atoms with E-state index in [9.17, 15) is 19.0 Å². The molecular formula is C9H15N3O11P2. The van der Waals surface area contributed by atoms with E-state index < -0.39 is 52.5 Å². The van der Waals surface area contributed by atoms with Crippen molar-refractivity contribution in [3.8, 4) is 0 Å². The van der Waals surface area contributed by atoms with Gasteiger partial charge in [0.05, 0.1) is 6.61 Å². The molecule has 2 rings (SSSR count). The van der Waals surface area contributed by atoms with Gasteiger partial charge in [0.2, 0.25) is 0 Å². The van der Waals surface area contributed by atoms with Gasteiger partial charge < -0.3 is 35.2 Å². The molecule has 0 radical (unpaired) electrons. The third-order valence-corrected chi connectivity index (χ3v) is 4.10. The second kappa shape index (κ2) is 7.21. The highest BCUT2D eigenvalue weighted by Crippen LogP contribution is 2.45. The third kappa shape index (κ3) is 5.39. The lowest BCUT2D eigenvalue weighted by molar-refractivity contribution is -0.0540. The van der Waals surface area contributed by atoms with Crippen molar-refractivity contribution in [2.75, 3.05) is 12.3 Å². The number of rotatable bonds is 6. The molecular weight excluding hydrogens is 388 g/mol. The minimum absolute atomic E-state index is 0.113. The number of hydrogen-bond acceptors (Lipinski definition) is 9. The molecule has 4 atom stereocenters. The normalized spacial score (nSPS) is 27.6. The van der Waals surface area contributed by atoms with Crippen molar-refractivity contribution in [2.24, 2.45) is 0 Å². The first kappa shape index (κ1) is 20.1. The van der Waals surface area contributed by atoms with Crippen LogP contribution in [0.5, 0.6) is 0 Å². The Morgan fingerprint density at radius 3 is 2.44 bits per heavy atom. The Hall–Kier alpha value is -1.18. The van der Waals surface area contributed by atoms with Crippen molar-refractivity contribution in [3.63, 3.8) is 0 Å². The van der Waals surface area contributed by atoms with Gasteiger partial charge in [0.25, 0.3) is 0 Å². The van der Waals surface area contributed by atoms with Crippen LogP contribution >= 0.6 is 15.6 Å². The number of phosphoric ester groups is 2. The highest BCUT2D eigenvalue weighted by molar-refractivity contribution is 7.46. The van der Waals surface area contributed by atoms with Crippen LogP contribution in [0.1, 0.15) is 6.23 Å². The molecule has 0 aliphatic carbocycles. The average molecular weight is 403 g/mol. The van der Waals surface area contributed by atoms with Gasteiger partial charge in [-0.25, -0.2) is 13.9 Å².